The van der Waals surface area contributed by atoms with Gasteiger partial charge < -0.3 is 20.1 Å². The number of guanidine groups is 1. The molecule has 2 heterocycles. The summed E-state index contributed by atoms with van der Waals surface area (Å²) in [5.41, 5.74) is 2.67. The van der Waals surface area contributed by atoms with Crippen molar-refractivity contribution in [3.05, 3.63) is 35.4 Å². The van der Waals surface area contributed by atoms with E-state index in [1.807, 2.05) is 7.05 Å². The van der Waals surface area contributed by atoms with Crippen molar-refractivity contribution in [3.8, 4) is 0 Å². The largest absolute Gasteiger partial charge is 0.379 e. The molecule has 2 saturated heterocycles. The molecule has 0 bridgehead atoms. The quantitative estimate of drug-likeness (QED) is 0.529. The van der Waals surface area contributed by atoms with Crippen molar-refractivity contribution in [2.45, 2.75) is 32.5 Å². The van der Waals surface area contributed by atoms with Crippen molar-refractivity contribution < 1.29 is 9.47 Å². The molecular weight excluding hydrogens is 366 g/mol. The van der Waals surface area contributed by atoms with Gasteiger partial charge in [-0.3, -0.25) is 14.8 Å². The third kappa shape index (κ3) is 6.96. The summed E-state index contributed by atoms with van der Waals surface area (Å²) in [6.45, 7) is 14.4. The molecule has 2 aliphatic heterocycles. The fourth-order valence-corrected chi connectivity index (χ4v) is 3.84. The molecule has 1 aromatic carbocycles. The van der Waals surface area contributed by atoms with E-state index in [2.05, 4.69) is 63.5 Å². The Morgan fingerprint density at radius 1 is 1.00 bits per heavy atom. The number of benzene rings is 1. The van der Waals surface area contributed by atoms with E-state index in [1.54, 1.807) is 0 Å². The first-order valence-corrected chi connectivity index (χ1v) is 10.7. The summed E-state index contributed by atoms with van der Waals surface area (Å²) in [4.78, 5) is 9.32. The maximum Gasteiger partial charge on any atom is 0.191 e. The highest BCUT2D eigenvalue weighted by atomic mass is 16.5. The summed E-state index contributed by atoms with van der Waals surface area (Å²) < 4.78 is 10.9. The van der Waals surface area contributed by atoms with E-state index in [9.17, 15) is 0 Å². The summed E-state index contributed by atoms with van der Waals surface area (Å²) in [5.74, 6) is 0.838. The number of hydrogen-bond acceptors (Lipinski definition) is 5. The van der Waals surface area contributed by atoms with Crippen LogP contribution in [-0.4, -0.2) is 87.5 Å². The third-order valence-electron chi connectivity index (χ3n) is 5.74. The summed E-state index contributed by atoms with van der Waals surface area (Å²) >= 11 is 0. The Balaban J connectivity index is 1.47. The molecule has 0 aliphatic carbocycles. The number of aliphatic imine (C=N–C) groups is 1. The first-order valence-electron chi connectivity index (χ1n) is 10.7. The van der Waals surface area contributed by atoms with Gasteiger partial charge in [-0.1, -0.05) is 24.3 Å². The smallest absolute Gasteiger partial charge is 0.191 e. The van der Waals surface area contributed by atoms with Crippen LogP contribution in [0.25, 0.3) is 0 Å². The molecule has 0 radical (unpaired) electrons. The maximum atomic E-state index is 5.48. The van der Waals surface area contributed by atoms with Crippen molar-refractivity contribution in [2.75, 3.05) is 66.2 Å². The lowest BCUT2D eigenvalue weighted by Gasteiger charge is -2.41. The second-order valence-corrected chi connectivity index (χ2v) is 8.40. The molecule has 0 saturated carbocycles. The molecule has 0 unspecified atom stereocenters. The molecule has 162 valence electrons. The first-order chi connectivity index (χ1) is 14.1. The van der Waals surface area contributed by atoms with E-state index < -0.39 is 0 Å². The number of morpholine rings is 2. The Morgan fingerprint density at radius 2 is 1.66 bits per heavy atom. The second-order valence-electron chi connectivity index (χ2n) is 8.40. The lowest BCUT2D eigenvalue weighted by atomic mass is 10.0. The zero-order chi connectivity index (χ0) is 20.5. The lowest BCUT2D eigenvalue weighted by Crippen LogP contribution is -2.56. The monoisotopic (exact) mass is 403 g/mol. The average Bonchev–Trinajstić information content (AvgIpc) is 2.75. The minimum Gasteiger partial charge on any atom is -0.379 e. The Bertz CT molecular complexity index is 652. The Morgan fingerprint density at radius 3 is 2.34 bits per heavy atom. The summed E-state index contributed by atoms with van der Waals surface area (Å²) in [5, 5.41) is 6.95. The van der Waals surface area contributed by atoms with Gasteiger partial charge in [-0.05, 0) is 25.0 Å². The normalized spacial score (nSPS) is 19.9. The van der Waals surface area contributed by atoms with Gasteiger partial charge >= 0.3 is 0 Å². The van der Waals surface area contributed by atoms with Gasteiger partial charge in [0.25, 0.3) is 0 Å². The average molecular weight is 404 g/mol. The van der Waals surface area contributed by atoms with Crippen molar-refractivity contribution in [2.24, 2.45) is 4.99 Å². The minimum atomic E-state index is 0.0550. The molecule has 0 aromatic heterocycles. The molecule has 7 nitrogen and oxygen atoms in total. The van der Waals surface area contributed by atoms with Crippen LogP contribution in [0.4, 0.5) is 0 Å². The van der Waals surface area contributed by atoms with Gasteiger partial charge in [0.15, 0.2) is 5.96 Å². The van der Waals surface area contributed by atoms with Crippen LogP contribution >= 0.6 is 0 Å². The molecule has 29 heavy (non-hydrogen) atoms. The van der Waals surface area contributed by atoms with Gasteiger partial charge in [-0.2, -0.15) is 0 Å². The van der Waals surface area contributed by atoms with Crippen LogP contribution < -0.4 is 10.6 Å². The molecule has 7 heteroatoms. The number of hydrogen-bond donors (Lipinski definition) is 2. The van der Waals surface area contributed by atoms with E-state index in [4.69, 9.17) is 9.47 Å². The number of nitrogens with zero attached hydrogens (tertiary/aromatic N) is 3. The van der Waals surface area contributed by atoms with Crippen LogP contribution in [0.2, 0.25) is 0 Å². The van der Waals surface area contributed by atoms with Gasteiger partial charge in [0.1, 0.15) is 0 Å². The van der Waals surface area contributed by atoms with Crippen LogP contribution in [0, 0.1) is 0 Å². The van der Waals surface area contributed by atoms with Crippen LogP contribution in [-0.2, 0) is 22.6 Å². The predicted octanol–water partition coefficient (Wildman–Crippen LogP) is 1.29. The molecule has 2 fully saturated rings. The van der Waals surface area contributed by atoms with E-state index >= 15 is 0 Å². The fraction of sp³-hybridized carbons (Fsp3) is 0.682. The predicted molar refractivity (Wildman–Crippen MR) is 117 cm³/mol. The van der Waals surface area contributed by atoms with E-state index in [0.29, 0.717) is 0 Å². The second kappa shape index (κ2) is 10.9. The highest BCUT2D eigenvalue weighted by Crippen LogP contribution is 2.15. The van der Waals surface area contributed by atoms with Crippen molar-refractivity contribution in [3.63, 3.8) is 0 Å². The number of rotatable bonds is 7. The Labute approximate surface area is 175 Å². The van der Waals surface area contributed by atoms with Gasteiger partial charge in [-0.15, -0.1) is 0 Å². The standard InChI is InChI=1S/C22H37N5O2/c1-22(2,27-9-13-29-14-10-27)18-25-21(23-3)24-16-19-5-4-6-20(15-19)17-26-7-11-28-12-8-26/h4-6,15H,7-14,16-18H2,1-3H3,(H2,23,24,25). The first kappa shape index (κ1) is 22.0. The van der Waals surface area contributed by atoms with Crippen molar-refractivity contribution >= 4 is 5.96 Å². The van der Waals surface area contributed by atoms with Crippen molar-refractivity contribution in [1.82, 2.24) is 20.4 Å². The highest BCUT2D eigenvalue weighted by molar-refractivity contribution is 5.79. The Kier molecular flexibility index (Phi) is 8.29. The third-order valence-corrected chi connectivity index (χ3v) is 5.74. The zero-order valence-electron chi connectivity index (χ0n) is 18.2. The van der Waals surface area contributed by atoms with Gasteiger partial charge in [0.05, 0.1) is 26.4 Å². The van der Waals surface area contributed by atoms with E-state index in [0.717, 1.165) is 78.2 Å². The molecule has 2 N–H and O–H groups in total. The number of ether oxygens (including phenoxy) is 2. The van der Waals surface area contributed by atoms with Crippen LogP contribution in [0.1, 0.15) is 25.0 Å². The van der Waals surface area contributed by atoms with Gasteiger partial charge in [0, 0.05) is 58.4 Å². The molecule has 0 spiro atoms. The molecule has 1 aromatic rings. The van der Waals surface area contributed by atoms with Gasteiger partial charge in [-0.25, -0.2) is 0 Å². The summed E-state index contributed by atoms with van der Waals surface area (Å²) in [6, 6.07) is 8.80. The highest BCUT2D eigenvalue weighted by Gasteiger charge is 2.28. The van der Waals surface area contributed by atoms with Crippen LogP contribution in [0.15, 0.2) is 29.3 Å². The summed E-state index contributed by atoms with van der Waals surface area (Å²) in [6.07, 6.45) is 0. The molecule has 3 rings (SSSR count). The molecule has 0 amide bonds. The van der Waals surface area contributed by atoms with Crippen LogP contribution in [0.5, 0.6) is 0 Å². The minimum absolute atomic E-state index is 0.0550. The SMILES string of the molecule is CN=C(NCc1cccc(CN2CCOCC2)c1)NCC(C)(C)N1CCOCC1. The topological polar surface area (TPSA) is 61.4 Å². The zero-order valence-corrected chi connectivity index (χ0v) is 18.2. The molecule has 2 aliphatic rings. The van der Waals surface area contributed by atoms with E-state index in [-0.39, 0.29) is 5.54 Å². The maximum absolute atomic E-state index is 5.48. The fourth-order valence-electron chi connectivity index (χ4n) is 3.84. The van der Waals surface area contributed by atoms with Crippen LogP contribution in [0.3, 0.4) is 0 Å². The molecule has 0 atom stereocenters. The number of nitrogens with one attached hydrogen (secondary N) is 2. The Hall–Kier alpha value is -1.67. The lowest BCUT2D eigenvalue weighted by molar-refractivity contribution is -0.00834. The van der Waals surface area contributed by atoms with E-state index in [1.165, 1.54) is 11.1 Å². The van der Waals surface area contributed by atoms with Crippen molar-refractivity contribution in [1.29, 1.82) is 0 Å². The van der Waals surface area contributed by atoms with Gasteiger partial charge in [0.2, 0.25) is 0 Å². The molecular formula is C22H37N5O2. The summed E-state index contributed by atoms with van der Waals surface area (Å²) in [7, 11) is 1.83.